The van der Waals surface area contributed by atoms with Gasteiger partial charge in [-0.25, -0.2) is 13.1 Å². The molecule has 0 unspecified atom stereocenters. The minimum absolute atomic E-state index is 0.289. The normalized spacial score (nSPS) is 15.5. The van der Waals surface area contributed by atoms with E-state index >= 15 is 0 Å². The number of methoxy groups -OCH3 is 1. The Hall–Kier alpha value is -1.89. The van der Waals surface area contributed by atoms with E-state index in [1.165, 1.54) is 24.8 Å². The molecule has 1 N–H and O–H groups in total. The van der Waals surface area contributed by atoms with Crippen molar-refractivity contribution in [3.8, 4) is 5.75 Å². The van der Waals surface area contributed by atoms with Crippen molar-refractivity contribution >= 4 is 10.0 Å². The van der Waals surface area contributed by atoms with Crippen LogP contribution in [0.2, 0.25) is 0 Å². The Bertz CT molecular complexity index is 919. The van der Waals surface area contributed by atoms with Crippen LogP contribution < -0.4 is 9.46 Å². The van der Waals surface area contributed by atoms with Crippen molar-refractivity contribution in [2.24, 2.45) is 0 Å². The van der Waals surface area contributed by atoms with Gasteiger partial charge in [0, 0.05) is 13.1 Å². The van der Waals surface area contributed by atoms with Crippen molar-refractivity contribution < 1.29 is 13.2 Å². The Labute approximate surface area is 168 Å². The second-order valence-electron chi connectivity index (χ2n) is 7.45. The first-order valence-corrected chi connectivity index (χ1v) is 11.3. The first kappa shape index (κ1) is 20.8. The van der Waals surface area contributed by atoms with E-state index in [1.807, 2.05) is 32.0 Å². The molecule has 0 saturated carbocycles. The van der Waals surface area contributed by atoms with E-state index in [0.717, 1.165) is 30.8 Å². The van der Waals surface area contributed by atoms with Gasteiger partial charge in [-0.15, -0.1) is 0 Å². The summed E-state index contributed by atoms with van der Waals surface area (Å²) in [5.41, 5.74) is 3.78. The van der Waals surface area contributed by atoms with Gasteiger partial charge in [-0.2, -0.15) is 0 Å². The number of ether oxygens (including phenoxy) is 1. The standard InChI is InChI=1S/C22H30N2O3S/c1-17-18(2)22(12-11-21(17)27-3)28(25,26)23-15-19-9-5-6-10-20(19)16-24-13-7-4-8-14-24/h5-6,9-12,23H,4,7-8,13-16H2,1-3H3. The SMILES string of the molecule is COc1ccc(S(=O)(=O)NCc2ccccc2CN2CCCCC2)c(C)c1C. The Balaban J connectivity index is 1.76. The van der Waals surface area contributed by atoms with Gasteiger partial charge in [-0.05, 0) is 74.2 Å². The molecule has 6 heteroatoms. The van der Waals surface area contributed by atoms with Crippen molar-refractivity contribution in [1.29, 1.82) is 0 Å². The molecule has 0 bridgehead atoms. The summed E-state index contributed by atoms with van der Waals surface area (Å²) in [7, 11) is -2.01. The summed E-state index contributed by atoms with van der Waals surface area (Å²) in [5, 5.41) is 0. The lowest BCUT2D eigenvalue weighted by atomic mass is 10.1. The number of likely N-dealkylation sites (tertiary alicyclic amines) is 1. The average molecular weight is 403 g/mol. The van der Waals surface area contributed by atoms with Gasteiger partial charge in [-0.3, -0.25) is 4.90 Å². The first-order valence-electron chi connectivity index (χ1n) is 9.85. The average Bonchev–Trinajstić information content (AvgIpc) is 2.70. The highest BCUT2D eigenvalue weighted by molar-refractivity contribution is 7.89. The van der Waals surface area contributed by atoms with Crippen LogP contribution in [0.15, 0.2) is 41.3 Å². The quantitative estimate of drug-likeness (QED) is 0.766. The summed E-state index contributed by atoms with van der Waals surface area (Å²) in [6.07, 6.45) is 3.79. The Morgan fingerprint density at radius 2 is 1.64 bits per heavy atom. The van der Waals surface area contributed by atoms with Crippen LogP contribution in [-0.4, -0.2) is 33.5 Å². The van der Waals surface area contributed by atoms with Crippen LogP contribution >= 0.6 is 0 Å². The summed E-state index contributed by atoms with van der Waals surface area (Å²) in [6, 6.07) is 11.4. The molecule has 0 aliphatic carbocycles. The molecule has 1 heterocycles. The predicted molar refractivity (Wildman–Crippen MR) is 112 cm³/mol. The molecule has 1 saturated heterocycles. The number of benzene rings is 2. The summed E-state index contributed by atoms with van der Waals surface area (Å²) >= 11 is 0. The zero-order valence-electron chi connectivity index (χ0n) is 17.0. The lowest BCUT2D eigenvalue weighted by Gasteiger charge is -2.27. The van der Waals surface area contributed by atoms with Crippen molar-refractivity contribution in [2.45, 2.75) is 51.1 Å². The highest BCUT2D eigenvalue weighted by Gasteiger charge is 2.20. The minimum atomic E-state index is -3.61. The van der Waals surface area contributed by atoms with Crippen LogP contribution in [0.25, 0.3) is 0 Å². The van der Waals surface area contributed by atoms with Gasteiger partial charge in [0.1, 0.15) is 5.75 Å². The monoisotopic (exact) mass is 402 g/mol. The molecule has 1 aliphatic heterocycles. The van der Waals surface area contributed by atoms with Crippen LogP contribution in [0.3, 0.4) is 0 Å². The van der Waals surface area contributed by atoms with Crippen LogP contribution in [-0.2, 0) is 23.1 Å². The topological polar surface area (TPSA) is 58.6 Å². The molecule has 2 aromatic rings. The van der Waals surface area contributed by atoms with Crippen molar-refractivity contribution in [1.82, 2.24) is 9.62 Å². The maximum Gasteiger partial charge on any atom is 0.241 e. The number of piperidine rings is 1. The Kier molecular flexibility index (Phi) is 6.75. The number of sulfonamides is 1. The molecule has 5 nitrogen and oxygen atoms in total. The van der Waals surface area contributed by atoms with Crippen molar-refractivity contribution in [3.05, 3.63) is 58.7 Å². The minimum Gasteiger partial charge on any atom is -0.496 e. The fourth-order valence-electron chi connectivity index (χ4n) is 3.78. The molecule has 1 aliphatic rings. The molecule has 0 radical (unpaired) electrons. The molecule has 152 valence electrons. The second-order valence-corrected chi connectivity index (χ2v) is 9.18. The molecule has 0 atom stereocenters. The highest BCUT2D eigenvalue weighted by atomic mass is 32.2. The van der Waals surface area contributed by atoms with Crippen LogP contribution in [0.5, 0.6) is 5.75 Å². The van der Waals surface area contributed by atoms with Gasteiger partial charge in [0.25, 0.3) is 0 Å². The van der Waals surface area contributed by atoms with E-state index in [-0.39, 0.29) is 6.54 Å². The van der Waals surface area contributed by atoms with E-state index < -0.39 is 10.0 Å². The summed E-state index contributed by atoms with van der Waals surface area (Å²) in [5.74, 6) is 0.698. The van der Waals surface area contributed by atoms with Gasteiger partial charge in [0.05, 0.1) is 12.0 Å². The number of nitrogens with one attached hydrogen (secondary N) is 1. The molecule has 2 aromatic carbocycles. The molecular formula is C22H30N2O3S. The predicted octanol–water partition coefficient (Wildman–Crippen LogP) is 3.78. The zero-order valence-corrected chi connectivity index (χ0v) is 17.8. The second kappa shape index (κ2) is 9.07. The fraction of sp³-hybridized carbons (Fsp3) is 0.455. The third-order valence-electron chi connectivity index (χ3n) is 5.61. The summed E-state index contributed by atoms with van der Waals surface area (Å²) < 4.78 is 33.9. The van der Waals surface area contributed by atoms with E-state index in [9.17, 15) is 8.42 Å². The fourth-order valence-corrected chi connectivity index (χ4v) is 5.08. The molecule has 0 spiro atoms. The third kappa shape index (κ3) is 4.74. The number of hydrogen-bond donors (Lipinski definition) is 1. The van der Waals surface area contributed by atoms with Crippen LogP contribution in [0, 0.1) is 13.8 Å². The maximum absolute atomic E-state index is 12.9. The van der Waals surface area contributed by atoms with E-state index in [1.54, 1.807) is 19.2 Å². The number of rotatable bonds is 7. The van der Waals surface area contributed by atoms with Gasteiger partial charge >= 0.3 is 0 Å². The molecule has 0 amide bonds. The summed E-state index contributed by atoms with van der Waals surface area (Å²) in [6.45, 7) is 7.09. The lowest BCUT2D eigenvalue weighted by Crippen LogP contribution is -2.30. The van der Waals surface area contributed by atoms with Gasteiger partial charge < -0.3 is 4.74 Å². The van der Waals surface area contributed by atoms with Crippen LogP contribution in [0.4, 0.5) is 0 Å². The van der Waals surface area contributed by atoms with Gasteiger partial charge in [0.15, 0.2) is 0 Å². The van der Waals surface area contributed by atoms with E-state index in [0.29, 0.717) is 16.2 Å². The lowest BCUT2D eigenvalue weighted by molar-refractivity contribution is 0.220. The highest BCUT2D eigenvalue weighted by Crippen LogP contribution is 2.27. The first-order chi connectivity index (χ1) is 13.4. The maximum atomic E-state index is 12.9. The molecule has 3 rings (SSSR count). The molecular weight excluding hydrogens is 372 g/mol. The summed E-state index contributed by atoms with van der Waals surface area (Å²) in [4.78, 5) is 2.76. The van der Waals surface area contributed by atoms with Crippen LogP contribution in [0.1, 0.15) is 41.5 Å². The van der Waals surface area contributed by atoms with E-state index in [2.05, 4.69) is 15.7 Å². The number of nitrogens with zero attached hydrogens (tertiary/aromatic N) is 1. The Morgan fingerprint density at radius 3 is 2.32 bits per heavy atom. The third-order valence-corrected chi connectivity index (χ3v) is 7.16. The molecule has 1 fully saturated rings. The largest absolute Gasteiger partial charge is 0.496 e. The zero-order chi connectivity index (χ0) is 20.1. The Morgan fingerprint density at radius 1 is 0.964 bits per heavy atom. The van der Waals surface area contributed by atoms with Crippen molar-refractivity contribution in [3.63, 3.8) is 0 Å². The molecule has 0 aromatic heterocycles. The van der Waals surface area contributed by atoms with Gasteiger partial charge in [0.2, 0.25) is 10.0 Å². The van der Waals surface area contributed by atoms with Gasteiger partial charge in [-0.1, -0.05) is 30.7 Å². The smallest absolute Gasteiger partial charge is 0.241 e. The van der Waals surface area contributed by atoms with E-state index in [4.69, 9.17) is 4.74 Å². The molecule has 28 heavy (non-hydrogen) atoms. The van der Waals surface area contributed by atoms with Crippen molar-refractivity contribution in [2.75, 3.05) is 20.2 Å². The number of hydrogen-bond acceptors (Lipinski definition) is 4.